The minimum Gasteiger partial charge on any atom is -0.467 e. The van der Waals surface area contributed by atoms with Crippen molar-refractivity contribution in [3.8, 4) is 0 Å². The fourth-order valence-electron chi connectivity index (χ4n) is 0.615. The molecule has 0 amide bonds. The fraction of sp³-hybridized carbons (Fsp3) is 0.833. The van der Waals surface area contributed by atoms with Crippen LogP contribution in [0.4, 0.5) is 0 Å². The third-order valence-corrected chi connectivity index (χ3v) is 1.18. The molecule has 0 aliphatic rings. The van der Waals surface area contributed by atoms with E-state index in [1.807, 2.05) is 0 Å². The first kappa shape index (κ1) is 13.3. The molecule has 0 heterocycles. The van der Waals surface area contributed by atoms with Crippen LogP contribution in [0, 0.1) is 0 Å². The van der Waals surface area contributed by atoms with Gasteiger partial charge < -0.3 is 15.2 Å². The minimum absolute atomic E-state index is 0. The van der Waals surface area contributed by atoms with E-state index in [9.17, 15) is 4.79 Å². The number of rotatable bonds is 4. The smallest absolute Gasteiger partial charge is 0.335 e. The Morgan fingerprint density at radius 2 is 2.09 bits per heavy atom. The van der Waals surface area contributed by atoms with E-state index in [0.29, 0.717) is 13.0 Å². The predicted molar refractivity (Wildman–Crippen MR) is 43.7 cm³/mol. The fourth-order valence-corrected chi connectivity index (χ4v) is 0.615. The molecular formula is C6H14ClNO3. The number of ether oxygens (including phenoxy) is 2. The molecule has 5 heteroatoms. The molecule has 0 aromatic heterocycles. The molecule has 0 radical (unpaired) electrons. The molecule has 0 saturated carbocycles. The summed E-state index contributed by atoms with van der Waals surface area (Å²) in [5.74, 6) is -0.368. The van der Waals surface area contributed by atoms with E-state index in [2.05, 4.69) is 4.74 Å². The Balaban J connectivity index is 0. The number of halogens is 1. The van der Waals surface area contributed by atoms with Crippen LogP contribution in [0.15, 0.2) is 0 Å². The van der Waals surface area contributed by atoms with Crippen LogP contribution in [0.25, 0.3) is 0 Å². The molecule has 0 spiro atoms. The largest absolute Gasteiger partial charge is 0.467 e. The molecule has 0 saturated heterocycles. The van der Waals surface area contributed by atoms with Crippen LogP contribution >= 0.6 is 12.4 Å². The van der Waals surface area contributed by atoms with E-state index in [1.165, 1.54) is 14.2 Å². The van der Waals surface area contributed by atoms with Crippen LogP contribution in [0.1, 0.15) is 6.42 Å². The highest BCUT2D eigenvalue weighted by molar-refractivity contribution is 5.85. The Morgan fingerprint density at radius 3 is 2.36 bits per heavy atom. The summed E-state index contributed by atoms with van der Waals surface area (Å²) in [6, 6.07) is 0. The summed E-state index contributed by atoms with van der Waals surface area (Å²) in [5, 5.41) is 0. The highest BCUT2D eigenvalue weighted by atomic mass is 35.5. The maximum absolute atomic E-state index is 10.7. The SMILES string of the molecule is COC(=O)C(CCN)OC.Cl. The lowest BCUT2D eigenvalue weighted by Crippen LogP contribution is -2.26. The van der Waals surface area contributed by atoms with E-state index in [0.717, 1.165) is 0 Å². The van der Waals surface area contributed by atoms with Gasteiger partial charge in [-0.2, -0.15) is 0 Å². The van der Waals surface area contributed by atoms with Gasteiger partial charge in [0.15, 0.2) is 6.10 Å². The number of hydrogen-bond donors (Lipinski definition) is 1. The summed E-state index contributed by atoms with van der Waals surface area (Å²) >= 11 is 0. The average Bonchev–Trinajstić information content (AvgIpc) is 1.99. The van der Waals surface area contributed by atoms with Crippen molar-refractivity contribution in [3.63, 3.8) is 0 Å². The number of esters is 1. The number of carbonyl (C=O) groups is 1. The number of nitrogens with two attached hydrogens (primary N) is 1. The third kappa shape index (κ3) is 5.01. The number of hydrogen-bond acceptors (Lipinski definition) is 4. The Kier molecular flexibility index (Phi) is 9.40. The average molecular weight is 184 g/mol. The second-order valence-electron chi connectivity index (χ2n) is 1.82. The van der Waals surface area contributed by atoms with E-state index in [4.69, 9.17) is 10.5 Å². The van der Waals surface area contributed by atoms with Crippen LogP contribution in [-0.2, 0) is 14.3 Å². The van der Waals surface area contributed by atoms with Gasteiger partial charge in [0.25, 0.3) is 0 Å². The number of carbonyl (C=O) groups excluding carboxylic acids is 1. The molecule has 0 aromatic carbocycles. The van der Waals surface area contributed by atoms with Crippen molar-refractivity contribution in [1.29, 1.82) is 0 Å². The van der Waals surface area contributed by atoms with Gasteiger partial charge in [-0.15, -0.1) is 12.4 Å². The van der Waals surface area contributed by atoms with Gasteiger partial charge >= 0.3 is 5.97 Å². The highest BCUT2D eigenvalue weighted by Crippen LogP contribution is 1.96. The monoisotopic (exact) mass is 183 g/mol. The summed E-state index contributed by atoms with van der Waals surface area (Å²) in [6.07, 6.45) is -0.00148. The second kappa shape index (κ2) is 7.78. The molecule has 0 aromatic rings. The van der Waals surface area contributed by atoms with Crippen LogP contribution in [0.3, 0.4) is 0 Å². The van der Waals surface area contributed by atoms with Gasteiger partial charge in [0.1, 0.15) is 0 Å². The van der Waals surface area contributed by atoms with E-state index in [-0.39, 0.29) is 18.4 Å². The van der Waals surface area contributed by atoms with Gasteiger partial charge in [-0.3, -0.25) is 0 Å². The lowest BCUT2D eigenvalue weighted by molar-refractivity contribution is -0.152. The zero-order chi connectivity index (χ0) is 7.98. The quantitative estimate of drug-likeness (QED) is 0.621. The topological polar surface area (TPSA) is 61.5 Å². The molecule has 68 valence electrons. The molecule has 4 nitrogen and oxygen atoms in total. The summed E-state index contributed by atoms with van der Waals surface area (Å²) in [7, 11) is 2.78. The van der Waals surface area contributed by atoms with E-state index < -0.39 is 6.10 Å². The first-order chi connectivity index (χ1) is 4.76. The molecule has 0 aliphatic heterocycles. The molecule has 2 N–H and O–H groups in total. The maximum atomic E-state index is 10.7. The second-order valence-corrected chi connectivity index (χ2v) is 1.82. The molecule has 0 bridgehead atoms. The Morgan fingerprint density at radius 1 is 1.55 bits per heavy atom. The van der Waals surface area contributed by atoms with E-state index in [1.54, 1.807) is 0 Å². The van der Waals surface area contributed by atoms with Gasteiger partial charge in [0.2, 0.25) is 0 Å². The first-order valence-corrected chi connectivity index (χ1v) is 3.07. The van der Waals surface area contributed by atoms with Gasteiger partial charge in [0.05, 0.1) is 7.11 Å². The van der Waals surface area contributed by atoms with Crippen molar-refractivity contribution >= 4 is 18.4 Å². The van der Waals surface area contributed by atoms with Crippen LogP contribution in [0.2, 0.25) is 0 Å². The standard InChI is InChI=1S/C6H13NO3.ClH/c1-9-5(3-4-7)6(8)10-2;/h5H,3-4,7H2,1-2H3;1H. The molecule has 0 rings (SSSR count). The highest BCUT2D eigenvalue weighted by Gasteiger charge is 2.16. The lowest BCUT2D eigenvalue weighted by atomic mass is 10.2. The minimum atomic E-state index is -0.505. The van der Waals surface area contributed by atoms with Gasteiger partial charge in [-0.25, -0.2) is 4.79 Å². The van der Waals surface area contributed by atoms with Crippen LogP contribution < -0.4 is 5.73 Å². The van der Waals surface area contributed by atoms with Crippen molar-refractivity contribution in [2.75, 3.05) is 20.8 Å². The Hall–Kier alpha value is -0.320. The predicted octanol–water partition coefficient (Wildman–Crippen LogP) is -0.0550. The molecule has 11 heavy (non-hydrogen) atoms. The molecule has 0 aliphatic carbocycles. The maximum Gasteiger partial charge on any atom is 0.335 e. The normalized spacial score (nSPS) is 11.5. The van der Waals surface area contributed by atoms with E-state index >= 15 is 0 Å². The first-order valence-electron chi connectivity index (χ1n) is 3.07. The molecular weight excluding hydrogens is 170 g/mol. The number of methoxy groups -OCH3 is 2. The summed E-state index contributed by atoms with van der Waals surface area (Å²) in [5.41, 5.74) is 5.21. The molecule has 0 fully saturated rings. The lowest BCUT2D eigenvalue weighted by Gasteiger charge is -2.10. The third-order valence-electron chi connectivity index (χ3n) is 1.18. The van der Waals surface area contributed by atoms with Gasteiger partial charge in [-0.05, 0) is 13.0 Å². The zero-order valence-electron chi connectivity index (χ0n) is 6.70. The zero-order valence-corrected chi connectivity index (χ0v) is 7.52. The van der Waals surface area contributed by atoms with Gasteiger partial charge in [0, 0.05) is 7.11 Å². The van der Waals surface area contributed by atoms with Crippen molar-refractivity contribution in [2.45, 2.75) is 12.5 Å². The van der Waals surface area contributed by atoms with Crippen molar-refractivity contribution < 1.29 is 14.3 Å². The molecule has 1 atom stereocenters. The van der Waals surface area contributed by atoms with Crippen LogP contribution in [0.5, 0.6) is 0 Å². The summed E-state index contributed by atoms with van der Waals surface area (Å²) < 4.78 is 9.23. The van der Waals surface area contributed by atoms with Crippen LogP contribution in [-0.4, -0.2) is 32.8 Å². The van der Waals surface area contributed by atoms with Crippen molar-refractivity contribution in [2.24, 2.45) is 5.73 Å². The van der Waals surface area contributed by atoms with Crippen molar-refractivity contribution in [1.82, 2.24) is 0 Å². The van der Waals surface area contributed by atoms with Gasteiger partial charge in [-0.1, -0.05) is 0 Å². The summed E-state index contributed by atoms with van der Waals surface area (Å²) in [4.78, 5) is 10.7. The Labute approximate surface area is 72.4 Å². The summed E-state index contributed by atoms with van der Waals surface area (Å²) in [6.45, 7) is 0.424. The Bertz CT molecular complexity index is 110. The molecule has 1 unspecified atom stereocenters. The van der Waals surface area contributed by atoms with Crippen molar-refractivity contribution in [3.05, 3.63) is 0 Å².